The fraction of sp³-hybridized carbons (Fsp3) is 0.350. The Morgan fingerprint density at radius 1 is 1.07 bits per heavy atom. The molecule has 1 aromatic carbocycles. The maximum absolute atomic E-state index is 12.6. The van der Waals surface area contributed by atoms with Crippen LogP contribution < -0.4 is 5.56 Å². The van der Waals surface area contributed by atoms with E-state index in [2.05, 4.69) is 15.0 Å². The highest BCUT2D eigenvalue weighted by atomic mass is 32.2. The fourth-order valence-corrected chi connectivity index (χ4v) is 5.83. The molecular formula is C20H20N4OS2. The van der Waals surface area contributed by atoms with Crippen molar-refractivity contribution in [1.82, 2.24) is 19.9 Å². The molecule has 0 saturated carbocycles. The number of imidazole rings is 1. The van der Waals surface area contributed by atoms with Crippen LogP contribution >= 0.6 is 23.1 Å². The van der Waals surface area contributed by atoms with Crippen molar-refractivity contribution in [3.63, 3.8) is 0 Å². The van der Waals surface area contributed by atoms with E-state index in [-0.39, 0.29) is 5.56 Å². The van der Waals surface area contributed by atoms with Crippen molar-refractivity contribution in [2.75, 3.05) is 5.75 Å². The Morgan fingerprint density at radius 3 is 2.89 bits per heavy atom. The van der Waals surface area contributed by atoms with Crippen LogP contribution in [0.4, 0.5) is 0 Å². The van der Waals surface area contributed by atoms with Gasteiger partial charge in [0.25, 0.3) is 5.56 Å². The van der Waals surface area contributed by atoms with E-state index >= 15 is 0 Å². The van der Waals surface area contributed by atoms with E-state index in [1.54, 1.807) is 23.1 Å². The number of para-hydroxylation sites is 2. The maximum Gasteiger partial charge on any atom is 0.259 e. The number of fused-ring (bicyclic) bond motifs is 4. The molecule has 0 atom stereocenters. The number of thiophene rings is 1. The third kappa shape index (κ3) is 3.30. The molecule has 4 aromatic rings. The summed E-state index contributed by atoms with van der Waals surface area (Å²) in [6.07, 6.45) is 5.28. The molecule has 0 spiro atoms. The number of hydrogen-bond acceptors (Lipinski definition) is 5. The van der Waals surface area contributed by atoms with Gasteiger partial charge in [0, 0.05) is 17.1 Å². The average Bonchev–Trinajstić information content (AvgIpc) is 3.26. The van der Waals surface area contributed by atoms with Gasteiger partial charge in [0.2, 0.25) is 0 Å². The minimum atomic E-state index is 0.0386. The van der Waals surface area contributed by atoms with E-state index in [0.29, 0.717) is 0 Å². The van der Waals surface area contributed by atoms with Crippen molar-refractivity contribution in [2.24, 2.45) is 0 Å². The van der Waals surface area contributed by atoms with Gasteiger partial charge in [0.05, 0.1) is 22.2 Å². The zero-order chi connectivity index (χ0) is 18.2. The van der Waals surface area contributed by atoms with Crippen molar-refractivity contribution < 1.29 is 0 Å². The van der Waals surface area contributed by atoms with E-state index in [1.807, 2.05) is 24.3 Å². The molecule has 0 unspecified atom stereocenters. The second kappa shape index (κ2) is 7.13. The smallest absolute Gasteiger partial charge is 0.259 e. The largest absolute Gasteiger partial charge is 0.341 e. The summed E-state index contributed by atoms with van der Waals surface area (Å²) in [7, 11) is 0. The first-order valence-corrected chi connectivity index (χ1v) is 11.3. The molecule has 0 aliphatic heterocycles. The molecule has 5 rings (SSSR count). The van der Waals surface area contributed by atoms with Gasteiger partial charge in [-0.3, -0.25) is 4.79 Å². The number of aryl methyl sites for hydroxylation is 3. The number of rotatable bonds is 5. The van der Waals surface area contributed by atoms with Gasteiger partial charge >= 0.3 is 0 Å². The van der Waals surface area contributed by atoms with Crippen molar-refractivity contribution in [1.29, 1.82) is 0 Å². The van der Waals surface area contributed by atoms with E-state index in [1.165, 1.54) is 23.3 Å². The van der Waals surface area contributed by atoms with Crippen molar-refractivity contribution in [2.45, 2.75) is 37.9 Å². The van der Waals surface area contributed by atoms with Gasteiger partial charge < -0.3 is 9.97 Å². The number of nitrogens with one attached hydrogen (secondary N) is 2. The molecule has 0 radical (unpaired) electrons. The minimum absolute atomic E-state index is 0.0386. The quantitative estimate of drug-likeness (QED) is 0.496. The van der Waals surface area contributed by atoms with Crippen LogP contribution in [0.5, 0.6) is 0 Å². The lowest BCUT2D eigenvalue weighted by molar-refractivity contribution is 0.700. The van der Waals surface area contributed by atoms with Gasteiger partial charge in [-0.2, -0.15) is 11.8 Å². The highest BCUT2D eigenvalue weighted by Gasteiger charge is 2.19. The van der Waals surface area contributed by atoms with Crippen LogP contribution in [0.1, 0.15) is 34.9 Å². The molecular weight excluding hydrogens is 376 g/mol. The number of aromatic amines is 2. The lowest BCUT2D eigenvalue weighted by atomic mass is 9.97. The molecule has 3 aromatic heterocycles. The van der Waals surface area contributed by atoms with Gasteiger partial charge in [0.1, 0.15) is 16.5 Å². The van der Waals surface area contributed by atoms with Crippen LogP contribution in [0, 0.1) is 0 Å². The lowest BCUT2D eigenvalue weighted by Gasteiger charge is -2.09. The third-order valence-electron chi connectivity index (χ3n) is 5.03. The Kier molecular flexibility index (Phi) is 4.49. The first-order valence-electron chi connectivity index (χ1n) is 9.33. The summed E-state index contributed by atoms with van der Waals surface area (Å²) in [4.78, 5) is 30.6. The fourth-order valence-electron chi connectivity index (χ4n) is 3.74. The molecule has 2 N–H and O–H groups in total. The summed E-state index contributed by atoms with van der Waals surface area (Å²) in [5.74, 6) is 3.51. The summed E-state index contributed by atoms with van der Waals surface area (Å²) < 4.78 is 0. The average molecular weight is 397 g/mol. The van der Waals surface area contributed by atoms with Crippen LogP contribution in [0.2, 0.25) is 0 Å². The Labute approximate surface area is 164 Å². The van der Waals surface area contributed by atoms with Crippen LogP contribution in [0.3, 0.4) is 0 Å². The van der Waals surface area contributed by atoms with Gasteiger partial charge in [-0.1, -0.05) is 12.1 Å². The van der Waals surface area contributed by atoms with E-state index < -0.39 is 0 Å². The molecule has 3 heterocycles. The monoisotopic (exact) mass is 396 g/mol. The predicted molar refractivity (Wildman–Crippen MR) is 113 cm³/mol. The molecule has 138 valence electrons. The molecule has 0 bridgehead atoms. The standard InChI is InChI=1S/C20H20N4OS2/c25-19-18-12-5-1-4-8-15(12)27-20(18)24-16(23-19)9-10-26-11-17-21-13-6-2-3-7-14(13)22-17/h2-3,6-7H,1,4-5,8-11H2,(H,21,22)(H,23,24,25). The first kappa shape index (κ1) is 17.0. The van der Waals surface area contributed by atoms with Crippen LogP contribution in [-0.2, 0) is 25.0 Å². The Balaban J connectivity index is 1.27. The number of aromatic nitrogens is 4. The Hall–Kier alpha value is -2.12. The van der Waals surface area contributed by atoms with Crippen molar-refractivity contribution in [3.05, 3.63) is 56.7 Å². The summed E-state index contributed by atoms with van der Waals surface area (Å²) in [5.41, 5.74) is 3.37. The number of nitrogens with zero attached hydrogens (tertiary/aromatic N) is 2. The molecule has 1 aliphatic rings. The SMILES string of the molecule is O=c1[nH]c(CCSCc2nc3ccccc3[nH]2)nc2sc3c(c12)CCCC3. The zero-order valence-electron chi connectivity index (χ0n) is 14.9. The van der Waals surface area contributed by atoms with Crippen molar-refractivity contribution >= 4 is 44.3 Å². The summed E-state index contributed by atoms with van der Waals surface area (Å²) in [6, 6.07) is 8.07. The normalized spacial score (nSPS) is 14.1. The summed E-state index contributed by atoms with van der Waals surface area (Å²) in [6.45, 7) is 0. The number of thioether (sulfide) groups is 1. The van der Waals surface area contributed by atoms with Crippen LogP contribution in [0.25, 0.3) is 21.3 Å². The molecule has 7 heteroatoms. The maximum atomic E-state index is 12.6. The second-order valence-corrected chi connectivity index (χ2v) is 9.10. The van der Waals surface area contributed by atoms with E-state index in [9.17, 15) is 4.79 Å². The molecule has 0 saturated heterocycles. The highest BCUT2D eigenvalue weighted by Crippen LogP contribution is 2.33. The Morgan fingerprint density at radius 2 is 1.96 bits per heavy atom. The van der Waals surface area contributed by atoms with Crippen LogP contribution in [-0.4, -0.2) is 25.7 Å². The predicted octanol–water partition coefficient (Wildman–Crippen LogP) is 4.22. The molecule has 1 aliphatic carbocycles. The molecule has 5 nitrogen and oxygen atoms in total. The Bertz CT molecular complexity index is 1140. The van der Waals surface area contributed by atoms with E-state index in [0.717, 1.165) is 63.7 Å². The van der Waals surface area contributed by atoms with Gasteiger partial charge in [-0.15, -0.1) is 11.3 Å². The number of hydrogen-bond donors (Lipinski definition) is 2. The highest BCUT2D eigenvalue weighted by molar-refractivity contribution is 7.98. The topological polar surface area (TPSA) is 74.4 Å². The van der Waals surface area contributed by atoms with Gasteiger partial charge in [-0.05, 0) is 43.4 Å². The second-order valence-electron chi connectivity index (χ2n) is 6.91. The third-order valence-corrected chi connectivity index (χ3v) is 7.19. The van der Waals surface area contributed by atoms with E-state index in [4.69, 9.17) is 4.98 Å². The first-order chi connectivity index (χ1) is 13.3. The summed E-state index contributed by atoms with van der Waals surface area (Å²) >= 11 is 3.52. The van der Waals surface area contributed by atoms with Crippen LogP contribution in [0.15, 0.2) is 29.1 Å². The molecule has 27 heavy (non-hydrogen) atoms. The lowest BCUT2D eigenvalue weighted by Crippen LogP contribution is -2.13. The number of benzene rings is 1. The number of H-pyrrole nitrogens is 2. The summed E-state index contributed by atoms with van der Waals surface area (Å²) in [5, 5.41) is 0.841. The van der Waals surface area contributed by atoms with Gasteiger partial charge in [-0.25, -0.2) is 9.97 Å². The van der Waals surface area contributed by atoms with Gasteiger partial charge in [0.15, 0.2) is 0 Å². The molecule has 0 fully saturated rings. The van der Waals surface area contributed by atoms with Crippen molar-refractivity contribution in [3.8, 4) is 0 Å². The minimum Gasteiger partial charge on any atom is -0.341 e. The zero-order valence-corrected chi connectivity index (χ0v) is 16.5. The molecule has 0 amide bonds.